The number of anilines is 1. The maximum absolute atomic E-state index is 13.5. The van der Waals surface area contributed by atoms with Crippen LogP contribution in [0.25, 0.3) is 27.6 Å². The van der Waals surface area contributed by atoms with Crippen LogP contribution in [-0.2, 0) is 11.2 Å². The van der Waals surface area contributed by atoms with Gasteiger partial charge in [-0.1, -0.05) is 66.4 Å². The number of nitrogens with zero attached hydrogens (tertiary/aromatic N) is 4. The number of aromatic nitrogens is 5. The number of aryl methyl sites for hydroxylation is 1. The van der Waals surface area contributed by atoms with Crippen molar-refractivity contribution in [3.05, 3.63) is 70.0 Å². The molecule has 10 heteroatoms. The van der Waals surface area contributed by atoms with Crippen molar-refractivity contribution >= 4 is 56.1 Å². The Hall–Kier alpha value is -3.50. The second-order valence-corrected chi connectivity index (χ2v) is 8.96. The average molecular weight is 463 g/mol. The van der Waals surface area contributed by atoms with E-state index in [4.69, 9.17) is 4.98 Å². The van der Waals surface area contributed by atoms with Crippen molar-refractivity contribution in [2.24, 2.45) is 0 Å². The number of amides is 1. The van der Waals surface area contributed by atoms with Gasteiger partial charge in [0.2, 0.25) is 11.0 Å². The number of H-pyrrole nitrogens is 1. The van der Waals surface area contributed by atoms with Crippen molar-refractivity contribution in [1.82, 2.24) is 24.7 Å². The van der Waals surface area contributed by atoms with Crippen molar-refractivity contribution in [1.29, 1.82) is 0 Å². The lowest BCUT2D eigenvalue weighted by molar-refractivity contribution is -0.113. The lowest BCUT2D eigenvalue weighted by Gasteiger charge is -2.11. The predicted octanol–water partition coefficient (Wildman–Crippen LogP) is 4.01. The first-order valence-corrected chi connectivity index (χ1v) is 11.8. The summed E-state index contributed by atoms with van der Waals surface area (Å²) in [5, 5.41) is 13.4. The number of carbonyl (C=O) groups excluding carboxylic acids is 1. The minimum absolute atomic E-state index is 0.0776. The first-order chi connectivity index (χ1) is 15.6. The summed E-state index contributed by atoms with van der Waals surface area (Å²) in [6, 6.07) is 16.9. The molecule has 0 aliphatic heterocycles. The van der Waals surface area contributed by atoms with E-state index in [1.54, 1.807) is 0 Å². The molecule has 2 N–H and O–H groups in total. The maximum Gasteiger partial charge on any atom is 0.283 e. The summed E-state index contributed by atoms with van der Waals surface area (Å²) in [4.78, 5) is 34.0. The average Bonchev–Trinajstić information content (AvgIpc) is 3.43. The highest BCUT2D eigenvalue weighted by atomic mass is 32.2. The van der Waals surface area contributed by atoms with Crippen molar-refractivity contribution in [3.63, 3.8) is 0 Å². The number of benzene rings is 2. The number of rotatable bonds is 6. The molecule has 3 heterocycles. The summed E-state index contributed by atoms with van der Waals surface area (Å²) >= 11 is 2.56. The highest BCUT2D eigenvalue weighted by molar-refractivity contribution is 7.99. The summed E-state index contributed by atoms with van der Waals surface area (Å²) < 4.78 is 1.54. The van der Waals surface area contributed by atoms with Crippen molar-refractivity contribution in [2.45, 2.75) is 18.5 Å². The number of fused-ring (bicyclic) bond motifs is 3. The van der Waals surface area contributed by atoms with Gasteiger partial charge in [-0.25, -0.2) is 4.98 Å². The Bertz CT molecular complexity index is 1490. The van der Waals surface area contributed by atoms with Crippen LogP contribution in [0.4, 0.5) is 5.13 Å². The number of nitrogens with one attached hydrogen (secondary N) is 2. The zero-order chi connectivity index (χ0) is 22.1. The molecule has 0 spiro atoms. The lowest BCUT2D eigenvalue weighted by atomic mass is 10.2. The van der Waals surface area contributed by atoms with Crippen molar-refractivity contribution in [3.8, 4) is 5.69 Å². The molecule has 0 bridgehead atoms. The molecule has 32 heavy (non-hydrogen) atoms. The van der Waals surface area contributed by atoms with E-state index in [0.717, 1.165) is 22.3 Å². The topological polar surface area (TPSA) is 106 Å². The van der Waals surface area contributed by atoms with E-state index in [9.17, 15) is 9.59 Å². The van der Waals surface area contributed by atoms with E-state index in [-0.39, 0.29) is 17.2 Å². The van der Waals surface area contributed by atoms with E-state index in [0.29, 0.717) is 27.0 Å². The predicted molar refractivity (Wildman–Crippen MR) is 128 cm³/mol. The van der Waals surface area contributed by atoms with Gasteiger partial charge in [0.15, 0.2) is 5.16 Å². The molecule has 0 radical (unpaired) electrons. The van der Waals surface area contributed by atoms with Crippen LogP contribution >= 0.6 is 23.1 Å². The summed E-state index contributed by atoms with van der Waals surface area (Å²) in [5.41, 5.74) is 2.35. The van der Waals surface area contributed by atoms with Gasteiger partial charge in [-0.15, -0.1) is 10.2 Å². The molecule has 0 fully saturated rings. The van der Waals surface area contributed by atoms with Crippen LogP contribution in [0, 0.1) is 0 Å². The van der Waals surface area contributed by atoms with Crippen LogP contribution in [0.15, 0.2) is 64.5 Å². The summed E-state index contributed by atoms with van der Waals surface area (Å²) in [7, 11) is 0. The molecule has 5 aromatic rings. The lowest BCUT2D eigenvalue weighted by Crippen LogP contribution is -2.23. The Morgan fingerprint density at radius 3 is 2.69 bits per heavy atom. The van der Waals surface area contributed by atoms with Crippen LogP contribution < -0.4 is 10.9 Å². The van der Waals surface area contributed by atoms with Gasteiger partial charge >= 0.3 is 0 Å². The van der Waals surface area contributed by atoms with Crippen LogP contribution in [0.2, 0.25) is 0 Å². The molecule has 0 atom stereocenters. The van der Waals surface area contributed by atoms with Gasteiger partial charge < -0.3 is 4.98 Å². The largest absolute Gasteiger partial charge is 0.349 e. The minimum Gasteiger partial charge on any atom is -0.349 e. The van der Waals surface area contributed by atoms with Crippen molar-refractivity contribution < 1.29 is 4.79 Å². The molecular formula is C22H18N6O2S2. The number of hydrogen-bond acceptors (Lipinski definition) is 7. The summed E-state index contributed by atoms with van der Waals surface area (Å²) in [6.07, 6.45) is 0.764. The molecule has 1 amide bonds. The molecular weight excluding hydrogens is 444 g/mol. The zero-order valence-corrected chi connectivity index (χ0v) is 18.7. The van der Waals surface area contributed by atoms with Gasteiger partial charge in [0.05, 0.1) is 11.4 Å². The van der Waals surface area contributed by atoms with E-state index < -0.39 is 0 Å². The fourth-order valence-electron chi connectivity index (χ4n) is 3.38. The normalized spacial score (nSPS) is 11.3. The van der Waals surface area contributed by atoms with E-state index in [2.05, 4.69) is 20.5 Å². The monoisotopic (exact) mass is 462 g/mol. The first kappa shape index (κ1) is 20.4. The second-order valence-electron chi connectivity index (χ2n) is 6.96. The standard InChI is InChI=1S/C22H18N6O2S2/c1-2-17-26-27-21(32-17)24-16(29)12-31-22-25-18-14-10-6-7-11-15(14)23-19(18)20(30)28(22)13-8-4-3-5-9-13/h3-11,23H,2,12H2,1H3,(H,24,27,29). The van der Waals surface area contributed by atoms with Gasteiger partial charge in [0.1, 0.15) is 16.0 Å². The van der Waals surface area contributed by atoms with E-state index in [1.807, 2.05) is 61.5 Å². The van der Waals surface area contributed by atoms with Crippen LogP contribution in [0.3, 0.4) is 0 Å². The third-order valence-corrected chi connectivity index (χ3v) is 6.78. The minimum atomic E-state index is -0.235. The third-order valence-electron chi connectivity index (χ3n) is 4.86. The Kier molecular flexibility index (Phi) is 5.46. The number of hydrogen-bond donors (Lipinski definition) is 2. The van der Waals surface area contributed by atoms with Crippen LogP contribution in [0.5, 0.6) is 0 Å². The zero-order valence-electron chi connectivity index (χ0n) is 17.0. The van der Waals surface area contributed by atoms with Gasteiger partial charge in [0.25, 0.3) is 5.56 Å². The third kappa shape index (κ3) is 3.78. The second kappa shape index (κ2) is 8.56. The number of para-hydroxylation sites is 2. The van der Waals surface area contributed by atoms with Gasteiger partial charge in [-0.2, -0.15) is 0 Å². The fourth-order valence-corrected chi connectivity index (χ4v) is 4.88. The van der Waals surface area contributed by atoms with Gasteiger partial charge in [-0.3, -0.25) is 19.5 Å². The highest BCUT2D eigenvalue weighted by Crippen LogP contribution is 2.26. The Morgan fingerprint density at radius 1 is 1.12 bits per heavy atom. The first-order valence-electron chi connectivity index (χ1n) is 9.98. The number of aromatic amines is 1. The molecule has 0 unspecified atom stereocenters. The fraction of sp³-hybridized carbons (Fsp3) is 0.136. The highest BCUT2D eigenvalue weighted by Gasteiger charge is 2.18. The molecule has 0 aliphatic rings. The van der Waals surface area contributed by atoms with Gasteiger partial charge in [0, 0.05) is 10.9 Å². The molecule has 160 valence electrons. The Labute approximate surface area is 190 Å². The number of carbonyl (C=O) groups is 1. The SMILES string of the molecule is CCc1nnc(NC(=O)CSc2nc3c([nH]c4ccccc43)c(=O)n2-c2ccccc2)s1. The van der Waals surface area contributed by atoms with Gasteiger partial charge in [-0.05, 0) is 24.6 Å². The maximum atomic E-state index is 13.5. The molecule has 2 aromatic carbocycles. The molecule has 0 aliphatic carbocycles. The molecule has 5 rings (SSSR count). The molecule has 0 saturated heterocycles. The summed E-state index contributed by atoms with van der Waals surface area (Å²) in [5.74, 6) is -0.157. The molecule has 0 saturated carbocycles. The molecule has 8 nitrogen and oxygen atoms in total. The van der Waals surface area contributed by atoms with E-state index in [1.165, 1.54) is 27.7 Å². The van der Waals surface area contributed by atoms with E-state index >= 15 is 0 Å². The quantitative estimate of drug-likeness (QED) is 0.292. The smallest absolute Gasteiger partial charge is 0.283 e. The number of thioether (sulfide) groups is 1. The Morgan fingerprint density at radius 2 is 1.91 bits per heavy atom. The van der Waals surface area contributed by atoms with Crippen molar-refractivity contribution in [2.75, 3.05) is 11.1 Å². The van der Waals surface area contributed by atoms with Crippen LogP contribution in [0.1, 0.15) is 11.9 Å². The summed E-state index contributed by atoms with van der Waals surface area (Å²) in [6.45, 7) is 1.98. The molecule has 3 aromatic heterocycles. The Balaban J connectivity index is 1.53. The van der Waals surface area contributed by atoms with Crippen LogP contribution in [-0.4, -0.2) is 36.4 Å².